The molecule has 7 heteroatoms. The van der Waals surface area contributed by atoms with E-state index in [9.17, 15) is 9.59 Å². The standard InChI is InChI=1S/C19H13N3O2S2/c23-15(13-7-3-1-4-8-13)11-21-12-20-17-16(18(21)24)26-19(25)22(17)14-9-5-2-6-10-14/h1-10,12H,11H2. The van der Waals surface area contributed by atoms with Gasteiger partial charge in [-0.1, -0.05) is 59.9 Å². The SMILES string of the molecule is O=C(Cn1cnc2c(sc(=S)n2-c2ccccc2)c1=O)c1ccccc1. The van der Waals surface area contributed by atoms with E-state index in [2.05, 4.69) is 4.98 Å². The molecule has 4 aromatic rings. The molecule has 26 heavy (non-hydrogen) atoms. The summed E-state index contributed by atoms with van der Waals surface area (Å²) in [6.07, 6.45) is 1.41. The summed E-state index contributed by atoms with van der Waals surface area (Å²) in [6.45, 7) is -0.0538. The van der Waals surface area contributed by atoms with Crippen LogP contribution in [0.5, 0.6) is 0 Å². The number of carbonyl (C=O) groups is 1. The Morgan fingerprint density at radius 3 is 2.38 bits per heavy atom. The maximum atomic E-state index is 12.8. The van der Waals surface area contributed by atoms with Crippen molar-refractivity contribution < 1.29 is 4.79 Å². The van der Waals surface area contributed by atoms with E-state index in [1.54, 1.807) is 28.8 Å². The number of Topliss-reactive ketones (excluding diaryl/α,β-unsaturated/α-hetero) is 1. The summed E-state index contributed by atoms with van der Waals surface area (Å²) in [6, 6.07) is 18.4. The lowest BCUT2D eigenvalue weighted by atomic mass is 10.1. The summed E-state index contributed by atoms with van der Waals surface area (Å²) < 4.78 is 4.10. The molecule has 0 radical (unpaired) electrons. The first-order valence-electron chi connectivity index (χ1n) is 7.90. The third kappa shape index (κ3) is 2.91. The number of para-hydroxylation sites is 1. The molecule has 5 nitrogen and oxygen atoms in total. The molecule has 0 N–H and O–H groups in total. The highest BCUT2D eigenvalue weighted by Gasteiger charge is 2.15. The van der Waals surface area contributed by atoms with Crippen LogP contribution in [0.1, 0.15) is 10.4 Å². The first-order chi connectivity index (χ1) is 12.6. The Labute approximate surface area is 157 Å². The second-order valence-corrected chi connectivity index (χ2v) is 7.30. The average Bonchev–Trinajstić information content (AvgIpc) is 3.02. The van der Waals surface area contributed by atoms with Gasteiger partial charge in [-0.25, -0.2) is 4.98 Å². The van der Waals surface area contributed by atoms with E-state index in [0.29, 0.717) is 19.9 Å². The number of aromatic nitrogens is 3. The molecule has 0 aliphatic carbocycles. The van der Waals surface area contributed by atoms with Crippen LogP contribution in [0, 0.1) is 3.95 Å². The van der Waals surface area contributed by atoms with Gasteiger partial charge in [-0.3, -0.25) is 18.7 Å². The van der Waals surface area contributed by atoms with Crippen molar-refractivity contribution in [1.29, 1.82) is 0 Å². The van der Waals surface area contributed by atoms with Gasteiger partial charge >= 0.3 is 0 Å². The average molecular weight is 379 g/mol. The molecule has 0 fully saturated rings. The quantitative estimate of drug-likeness (QED) is 0.399. The number of hydrogen-bond donors (Lipinski definition) is 0. The van der Waals surface area contributed by atoms with Crippen LogP contribution in [0.2, 0.25) is 0 Å². The first kappa shape index (κ1) is 16.6. The van der Waals surface area contributed by atoms with Crippen molar-refractivity contribution in [2.75, 3.05) is 0 Å². The molecule has 0 aliphatic heterocycles. The number of hydrogen-bond acceptors (Lipinski definition) is 5. The number of fused-ring (bicyclic) bond motifs is 1. The molecule has 0 saturated heterocycles. The third-order valence-corrected chi connectivity index (χ3v) is 5.34. The van der Waals surface area contributed by atoms with Crippen LogP contribution < -0.4 is 5.56 Å². The molecule has 0 spiro atoms. The Kier molecular flexibility index (Phi) is 4.32. The lowest BCUT2D eigenvalue weighted by molar-refractivity contribution is 0.0970. The number of ketones is 1. The highest BCUT2D eigenvalue weighted by molar-refractivity contribution is 7.73. The van der Waals surface area contributed by atoms with E-state index in [0.717, 1.165) is 5.69 Å². The van der Waals surface area contributed by atoms with E-state index in [4.69, 9.17) is 12.2 Å². The van der Waals surface area contributed by atoms with Crippen LogP contribution in [0.25, 0.3) is 16.0 Å². The second kappa shape index (κ2) is 6.78. The first-order valence-corrected chi connectivity index (χ1v) is 9.12. The Morgan fingerprint density at radius 1 is 1.04 bits per heavy atom. The largest absolute Gasteiger partial charge is 0.292 e. The summed E-state index contributed by atoms with van der Waals surface area (Å²) in [5.74, 6) is -0.139. The van der Waals surface area contributed by atoms with Gasteiger partial charge in [0.05, 0.1) is 6.54 Å². The molecular formula is C19H13N3O2S2. The Bertz CT molecular complexity index is 1210. The minimum absolute atomic E-state index is 0.0538. The fraction of sp³-hybridized carbons (Fsp3) is 0.0526. The van der Waals surface area contributed by atoms with Crippen molar-refractivity contribution in [3.63, 3.8) is 0 Å². The molecule has 2 heterocycles. The summed E-state index contributed by atoms with van der Waals surface area (Å²) in [7, 11) is 0. The molecular weight excluding hydrogens is 366 g/mol. The van der Waals surface area contributed by atoms with Crippen molar-refractivity contribution in [1.82, 2.24) is 14.1 Å². The smallest absolute Gasteiger partial charge is 0.273 e. The molecule has 2 aromatic heterocycles. The highest BCUT2D eigenvalue weighted by atomic mass is 32.1. The normalized spacial score (nSPS) is 10.9. The van der Waals surface area contributed by atoms with Gasteiger partial charge < -0.3 is 0 Å². The van der Waals surface area contributed by atoms with E-state index in [-0.39, 0.29) is 17.9 Å². The predicted molar refractivity (Wildman–Crippen MR) is 105 cm³/mol. The van der Waals surface area contributed by atoms with Crippen LogP contribution >= 0.6 is 23.6 Å². The number of thiazole rings is 1. The maximum Gasteiger partial charge on any atom is 0.273 e. The zero-order chi connectivity index (χ0) is 18.1. The molecule has 0 saturated carbocycles. The van der Waals surface area contributed by atoms with Gasteiger partial charge in [-0.15, -0.1) is 0 Å². The summed E-state index contributed by atoms with van der Waals surface area (Å²) in [4.78, 5) is 29.6. The summed E-state index contributed by atoms with van der Waals surface area (Å²) >= 11 is 6.64. The van der Waals surface area contributed by atoms with Gasteiger partial charge in [0.1, 0.15) is 11.0 Å². The molecule has 0 amide bonds. The fourth-order valence-electron chi connectivity index (χ4n) is 2.72. The van der Waals surface area contributed by atoms with Crippen LogP contribution in [-0.2, 0) is 6.54 Å². The Balaban J connectivity index is 1.78. The topological polar surface area (TPSA) is 56.9 Å². The molecule has 0 atom stereocenters. The number of nitrogens with zero attached hydrogens (tertiary/aromatic N) is 3. The van der Waals surface area contributed by atoms with Crippen molar-refractivity contribution in [2.24, 2.45) is 0 Å². The van der Waals surface area contributed by atoms with Crippen LogP contribution in [0.3, 0.4) is 0 Å². The van der Waals surface area contributed by atoms with E-state index < -0.39 is 0 Å². The molecule has 128 valence electrons. The summed E-state index contributed by atoms with van der Waals surface area (Å²) in [5, 5.41) is 0. The van der Waals surface area contributed by atoms with Gasteiger partial charge in [0.15, 0.2) is 15.4 Å². The molecule has 4 rings (SSSR count). The van der Waals surface area contributed by atoms with E-state index >= 15 is 0 Å². The lowest BCUT2D eigenvalue weighted by Gasteiger charge is -2.06. The minimum atomic E-state index is -0.259. The van der Waals surface area contributed by atoms with E-state index in [1.165, 1.54) is 22.2 Å². The molecule has 0 unspecified atom stereocenters. The summed E-state index contributed by atoms with van der Waals surface area (Å²) in [5.41, 5.74) is 1.67. The van der Waals surface area contributed by atoms with Gasteiger partial charge in [0.2, 0.25) is 0 Å². The zero-order valence-corrected chi connectivity index (χ0v) is 15.2. The Morgan fingerprint density at radius 2 is 1.69 bits per heavy atom. The van der Waals surface area contributed by atoms with Crippen LogP contribution in [0.4, 0.5) is 0 Å². The van der Waals surface area contributed by atoms with Crippen LogP contribution in [0.15, 0.2) is 71.8 Å². The number of benzene rings is 2. The van der Waals surface area contributed by atoms with Gasteiger partial charge in [-0.05, 0) is 24.4 Å². The Hall–Kier alpha value is -2.90. The van der Waals surface area contributed by atoms with Gasteiger partial charge in [0.25, 0.3) is 5.56 Å². The maximum absolute atomic E-state index is 12.8. The van der Waals surface area contributed by atoms with Crippen molar-refractivity contribution in [3.8, 4) is 5.69 Å². The molecule has 0 aliphatic rings. The molecule has 2 aromatic carbocycles. The monoisotopic (exact) mass is 379 g/mol. The van der Waals surface area contributed by atoms with Gasteiger partial charge in [-0.2, -0.15) is 0 Å². The van der Waals surface area contributed by atoms with Gasteiger partial charge in [0, 0.05) is 11.3 Å². The van der Waals surface area contributed by atoms with Crippen molar-refractivity contribution in [3.05, 3.63) is 86.9 Å². The van der Waals surface area contributed by atoms with E-state index in [1.807, 2.05) is 36.4 Å². The number of carbonyl (C=O) groups excluding carboxylic acids is 1. The lowest BCUT2D eigenvalue weighted by Crippen LogP contribution is -2.24. The predicted octanol–water partition coefficient (Wildman–Crippen LogP) is 3.86. The third-order valence-electron chi connectivity index (χ3n) is 3.99. The van der Waals surface area contributed by atoms with Crippen LogP contribution in [-0.4, -0.2) is 19.9 Å². The minimum Gasteiger partial charge on any atom is -0.292 e. The number of rotatable bonds is 4. The highest BCUT2D eigenvalue weighted by Crippen LogP contribution is 2.22. The van der Waals surface area contributed by atoms with Crippen molar-refractivity contribution in [2.45, 2.75) is 6.54 Å². The van der Waals surface area contributed by atoms with Crippen molar-refractivity contribution >= 4 is 39.7 Å². The zero-order valence-electron chi connectivity index (χ0n) is 13.5. The molecule has 0 bridgehead atoms. The second-order valence-electron chi connectivity index (χ2n) is 5.66. The fourth-order valence-corrected chi connectivity index (χ4v) is 4.06.